The van der Waals surface area contributed by atoms with Crippen LogP contribution in [-0.4, -0.2) is 30.3 Å². The Bertz CT molecular complexity index is 382. The van der Waals surface area contributed by atoms with Crippen LogP contribution in [0.15, 0.2) is 24.3 Å². The molecule has 1 aromatic rings. The summed E-state index contributed by atoms with van der Waals surface area (Å²) in [5, 5.41) is 12.0. The Labute approximate surface area is 107 Å². The normalized spacial score (nSPS) is 11.9. The molecule has 0 aliphatic carbocycles. The number of rotatable bonds is 7. The van der Waals surface area contributed by atoms with Gasteiger partial charge < -0.3 is 20.9 Å². The van der Waals surface area contributed by atoms with Crippen LogP contribution in [0.1, 0.15) is 19.8 Å². The van der Waals surface area contributed by atoms with E-state index in [1.807, 2.05) is 6.92 Å². The van der Waals surface area contributed by atoms with Crippen molar-refractivity contribution in [1.82, 2.24) is 5.32 Å². The number of benzene rings is 1. The lowest BCUT2D eigenvalue weighted by Crippen LogP contribution is -2.31. The van der Waals surface area contributed by atoms with E-state index in [2.05, 4.69) is 5.32 Å². The molecule has 1 unspecified atom stereocenters. The first-order valence-electron chi connectivity index (χ1n) is 6.05. The third-order valence-corrected chi connectivity index (χ3v) is 2.50. The minimum Gasteiger partial charge on any atom is -0.484 e. The van der Waals surface area contributed by atoms with Gasteiger partial charge in [-0.3, -0.25) is 4.79 Å². The molecule has 0 saturated carbocycles. The Morgan fingerprint density at radius 3 is 3.00 bits per heavy atom. The molecule has 0 aliphatic rings. The SMILES string of the molecule is CCC(O)CCNC(=O)COc1cccc(N)c1. The minimum atomic E-state index is -0.361. The highest BCUT2D eigenvalue weighted by Gasteiger charge is 2.04. The molecule has 0 heterocycles. The second-order valence-corrected chi connectivity index (χ2v) is 4.06. The smallest absolute Gasteiger partial charge is 0.257 e. The third-order valence-electron chi connectivity index (χ3n) is 2.50. The number of anilines is 1. The molecule has 0 fully saturated rings. The zero-order valence-corrected chi connectivity index (χ0v) is 10.6. The second kappa shape index (κ2) is 7.55. The van der Waals surface area contributed by atoms with Gasteiger partial charge in [-0.2, -0.15) is 0 Å². The molecule has 0 aliphatic heterocycles. The van der Waals surface area contributed by atoms with E-state index in [4.69, 9.17) is 10.5 Å². The predicted molar refractivity (Wildman–Crippen MR) is 70.3 cm³/mol. The lowest BCUT2D eigenvalue weighted by molar-refractivity contribution is -0.123. The number of carbonyl (C=O) groups is 1. The highest BCUT2D eigenvalue weighted by molar-refractivity contribution is 5.77. The molecule has 100 valence electrons. The summed E-state index contributed by atoms with van der Waals surface area (Å²) in [4.78, 5) is 11.4. The third kappa shape index (κ3) is 5.54. The first-order chi connectivity index (χ1) is 8.61. The molecule has 0 bridgehead atoms. The van der Waals surface area contributed by atoms with Crippen LogP contribution in [0.5, 0.6) is 5.75 Å². The molecule has 0 spiro atoms. The Morgan fingerprint density at radius 2 is 2.33 bits per heavy atom. The van der Waals surface area contributed by atoms with Gasteiger partial charge in [0.2, 0.25) is 0 Å². The van der Waals surface area contributed by atoms with Crippen molar-refractivity contribution in [1.29, 1.82) is 0 Å². The van der Waals surface area contributed by atoms with Gasteiger partial charge in [-0.05, 0) is 25.0 Å². The van der Waals surface area contributed by atoms with Crippen molar-refractivity contribution >= 4 is 11.6 Å². The number of carbonyl (C=O) groups excluding carboxylic acids is 1. The maximum absolute atomic E-state index is 11.4. The molecular formula is C13H20N2O3. The van der Waals surface area contributed by atoms with E-state index < -0.39 is 0 Å². The molecule has 1 atom stereocenters. The number of nitrogen functional groups attached to an aromatic ring is 1. The molecular weight excluding hydrogens is 232 g/mol. The van der Waals surface area contributed by atoms with Crippen molar-refractivity contribution in [3.05, 3.63) is 24.3 Å². The van der Waals surface area contributed by atoms with E-state index in [1.54, 1.807) is 24.3 Å². The number of aliphatic hydroxyl groups excluding tert-OH is 1. The maximum Gasteiger partial charge on any atom is 0.257 e. The van der Waals surface area contributed by atoms with Crippen LogP contribution in [0.25, 0.3) is 0 Å². The van der Waals surface area contributed by atoms with Gasteiger partial charge >= 0.3 is 0 Å². The van der Waals surface area contributed by atoms with Crippen molar-refractivity contribution in [2.45, 2.75) is 25.9 Å². The summed E-state index contributed by atoms with van der Waals surface area (Å²) in [5.41, 5.74) is 6.18. The van der Waals surface area contributed by atoms with E-state index >= 15 is 0 Å². The van der Waals surface area contributed by atoms with Crippen molar-refractivity contribution in [2.24, 2.45) is 0 Å². The van der Waals surface area contributed by atoms with Crippen LogP contribution in [0.2, 0.25) is 0 Å². The summed E-state index contributed by atoms with van der Waals surface area (Å²) < 4.78 is 5.28. The van der Waals surface area contributed by atoms with Gasteiger partial charge in [-0.15, -0.1) is 0 Å². The topological polar surface area (TPSA) is 84.6 Å². The molecule has 1 amide bonds. The van der Waals surface area contributed by atoms with Crippen LogP contribution < -0.4 is 15.8 Å². The molecule has 5 heteroatoms. The number of nitrogens with one attached hydrogen (secondary N) is 1. The van der Waals surface area contributed by atoms with Crippen LogP contribution in [0.4, 0.5) is 5.69 Å². The Hall–Kier alpha value is -1.75. The first-order valence-corrected chi connectivity index (χ1v) is 6.05. The molecule has 0 saturated heterocycles. The van der Waals surface area contributed by atoms with Gasteiger partial charge in [-0.1, -0.05) is 13.0 Å². The van der Waals surface area contributed by atoms with Gasteiger partial charge in [0.1, 0.15) is 5.75 Å². The zero-order chi connectivity index (χ0) is 13.4. The summed E-state index contributed by atoms with van der Waals surface area (Å²) in [7, 11) is 0. The molecule has 18 heavy (non-hydrogen) atoms. The van der Waals surface area contributed by atoms with E-state index in [-0.39, 0.29) is 18.6 Å². The monoisotopic (exact) mass is 252 g/mol. The standard InChI is InChI=1S/C13H20N2O3/c1-2-11(16)6-7-15-13(17)9-18-12-5-3-4-10(14)8-12/h3-5,8,11,16H,2,6-7,9,14H2,1H3,(H,15,17). The Kier molecular flexibility index (Phi) is 6.00. The molecule has 5 nitrogen and oxygen atoms in total. The van der Waals surface area contributed by atoms with E-state index in [0.29, 0.717) is 30.8 Å². The number of ether oxygens (including phenoxy) is 1. The average molecular weight is 252 g/mol. The summed E-state index contributed by atoms with van der Waals surface area (Å²) in [6, 6.07) is 6.91. The van der Waals surface area contributed by atoms with Gasteiger partial charge in [0.15, 0.2) is 6.61 Å². The van der Waals surface area contributed by atoms with Gasteiger partial charge in [0.05, 0.1) is 6.10 Å². The number of hydrogen-bond donors (Lipinski definition) is 3. The van der Waals surface area contributed by atoms with Crippen LogP contribution in [-0.2, 0) is 4.79 Å². The number of amides is 1. The van der Waals surface area contributed by atoms with Crippen molar-refractivity contribution in [2.75, 3.05) is 18.9 Å². The summed E-state index contributed by atoms with van der Waals surface area (Å²) in [6.45, 7) is 2.30. The van der Waals surface area contributed by atoms with E-state index in [9.17, 15) is 9.90 Å². The average Bonchev–Trinajstić information content (AvgIpc) is 2.36. The fourth-order valence-electron chi connectivity index (χ4n) is 1.39. The van der Waals surface area contributed by atoms with Gasteiger partial charge in [-0.25, -0.2) is 0 Å². The molecule has 1 rings (SSSR count). The Balaban J connectivity index is 2.21. The zero-order valence-electron chi connectivity index (χ0n) is 10.6. The first kappa shape index (κ1) is 14.3. The fraction of sp³-hybridized carbons (Fsp3) is 0.462. The Morgan fingerprint density at radius 1 is 1.56 bits per heavy atom. The van der Waals surface area contributed by atoms with Crippen LogP contribution >= 0.6 is 0 Å². The van der Waals surface area contributed by atoms with Gasteiger partial charge in [0.25, 0.3) is 5.91 Å². The maximum atomic E-state index is 11.4. The van der Waals surface area contributed by atoms with Gasteiger partial charge in [0, 0.05) is 18.3 Å². The van der Waals surface area contributed by atoms with E-state index in [0.717, 1.165) is 0 Å². The van der Waals surface area contributed by atoms with Crippen molar-refractivity contribution < 1.29 is 14.6 Å². The molecule has 0 aromatic heterocycles. The summed E-state index contributed by atoms with van der Waals surface area (Å²) in [5.74, 6) is 0.361. The molecule has 0 radical (unpaired) electrons. The highest BCUT2D eigenvalue weighted by atomic mass is 16.5. The highest BCUT2D eigenvalue weighted by Crippen LogP contribution is 2.13. The van der Waals surface area contributed by atoms with Crippen molar-refractivity contribution in [3.8, 4) is 5.75 Å². The summed E-state index contributed by atoms with van der Waals surface area (Å²) in [6.07, 6.45) is 0.885. The minimum absolute atomic E-state index is 0.0499. The van der Waals surface area contributed by atoms with Crippen LogP contribution in [0.3, 0.4) is 0 Å². The predicted octanol–water partition coefficient (Wildman–Crippen LogP) is 0.925. The number of hydrogen-bond acceptors (Lipinski definition) is 4. The summed E-state index contributed by atoms with van der Waals surface area (Å²) >= 11 is 0. The van der Waals surface area contributed by atoms with Crippen LogP contribution in [0, 0.1) is 0 Å². The second-order valence-electron chi connectivity index (χ2n) is 4.06. The lowest BCUT2D eigenvalue weighted by atomic mass is 10.2. The fourth-order valence-corrected chi connectivity index (χ4v) is 1.39. The molecule has 4 N–H and O–H groups in total. The largest absolute Gasteiger partial charge is 0.484 e. The number of aliphatic hydroxyl groups is 1. The number of nitrogens with two attached hydrogens (primary N) is 1. The van der Waals surface area contributed by atoms with Crippen molar-refractivity contribution in [3.63, 3.8) is 0 Å². The molecule has 1 aromatic carbocycles. The lowest BCUT2D eigenvalue weighted by Gasteiger charge is -2.10. The quantitative estimate of drug-likeness (QED) is 0.630. The van der Waals surface area contributed by atoms with E-state index in [1.165, 1.54) is 0 Å².